The second-order valence-corrected chi connectivity index (χ2v) is 7.29. The van der Waals surface area contributed by atoms with Gasteiger partial charge in [-0.05, 0) is 23.1 Å². The zero-order valence-corrected chi connectivity index (χ0v) is 15.8. The maximum atomic E-state index is 12.6. The number of nitrogens with zero attached hydrogens (tertiary/aromatic N) is 2. The molecule has 1 aliphatic rings. The van der Waals surface area contributed by atoms with Gasteiger partial charge in [-0.25, -0.2) is 0 Å². The summed E-state index contributed by atoms with van der Waals surface area (Å²) in [6, 6.07) is 18.9. The van der Waals surface area contributed by atoms with Gasteiger partial charge in [0.15, 0.2) is 0 Å². The first-order valence-corrected chi connectivity index (χ1v) is 9.41. The summed E-state index contributed by atoms with van der Waals surface area (Å²) in [7, 11) is 1.88. The maximum absolute atomic E-state index is 12.6. The highest BCUT2D eigenvalue weighted by Crippen LogP contribution is 2.26. The molecule has 0 aliphatic carbocycles. The molecule has 2 aromatic carbocycles. The quantitative estimate of drug-likeness (QED) is 0.870. The van der Waals surface area contributed by atoms with E-state index < -0.39 is 0 Å². The minimum atomic E-state index is 0.0806. The lowest BCUT2D eigenvalue weighted by atomic mass is 9.95. The highest BCUT2D eigenvalue weighted by molar-refractivity contribution is 5.78. The van der Waals surface area contributed by atoms with Gasteiger partial charge in [-0.15, -0.1) is 0 Å². The lowest BCUT2D eigenvalue weighted by molar-refractivity contribution is -0.131. The maximum Gasteiger partial charge on any atom is 0.236 e. The fourth-order valence-corrected chi connectivity index (χ4v) is 3.65. The van der Waals surface area contributed by atoms with Crippen LogP contribution in [0.4, 0.5) is 0 Å². The van der Waals surface area contributed by atoms with Gasteiger partial charge in [-0.1, -0.05) is 61.5 Å². The highest BCUT2D eigenvalue weighted by atomic mass is 16.2. The molecular weight excluding hydrogens is 322 g/mol. The molecule has 0 unspecified atom stereocenters. The molecule has 1 aliphatic heterocycles. The molecule has 1 saturated heterocycles. The van der Waals surface area contributed by atoms with Crippen molar-refractivity contribution in [2.75, 3.05) is 26.7 Å². The number of amides is 1. The Morgan fingerprint density at radius 1 is 1.08 bits per heavy atom. The number of nitrogens with two attached hydrogens (primary N) is 1. The first kappa shape index (κ1) is 18.6. The van der Waals surface area contributed by atoms with E-state index in [2.05, 4.69) is 48.2 Å². The van der Waals surface area contributed by atoms with E-state index in [9.17, 15) is 4.79 Å². The third-order valence-electron chi connectivity index (χ3n) is 5.30. The Hall–Kier alpha value is -2.17. The average molecular weight is 351 g/mol. The normalized spacial score (nSPS) is 20.3. The van der Waals surface area contributed by atoms with Crippen LogP contribution in [0.5, 0.6) is 0 Å². The third-order valence-corrected chi connectivity index (χ3v) is 5.30. The fourth-order valence-electron chi connectivity index (χ4n) is 3.65. The average Bonchev–Trinajstić information content (AvgIpc) is 3.03. The Kier molecular flexibility index (Phi) is 6.07. The zero-order chi connectivity index (χ0) is 18.5. The van der Waals surface area contributed by atoms with Gasteiger partial charge in [-0.2, -0.15) is 0 Å². The zero-order valence-electron chi connectivity index (χ0n) is 15.8. The van der Waals surface area contributed by atoms with E-state index >= 15 is 0 Å². The van der Waals surface area contributed by atoms with Crippen LogP contribution in [0.1, 0.15) is 29.5 Å². The molecular formula is C22H29N3O. The molecule has 0 aromatic heterocycles. The van der Waals surface area contributed by atoms with Gasteiger partial charge in [0.2, 0.25) is 5.91 Å². The monoisotopic (exact) mass is 351 g/mol. The molecule has 1 amide bonds. The highest BCUT2D eigenvalue weighted by Gasteiger charge is 2.32. The van der Waals surface area contributed by atoms with Gasteiger partial charge in [-0.3, -0.25) is 9.69 Å². The molecule has 26 heavy (non-hydrogen) atoms. The predicted molar refractivity (Wildman–Crippen MR) is 106 cm³/mol. The topological polar surface area (TPSA) is 49.6 Å². The van der Waals surface area contributed by atoms with Crippen molar-refractivity contribution in [3.63, 3.8) is 0 Å². The van der Waals surface area contributed by atoms with Crippen molar-refractivity contribution in [3.8, 4) is 0 Å². The number of hydrogen-bond acceptors (Lipinski definition) is 3. The summed E-state index contributed by atoms with van der Waals surface area (Å²) in [5.41, 5.74) is 10.1. The summed E-state index contributed by atoms with van der Waals surface area (Å²) >= 11 is 0. The minimum absolute atomic E-state index is 0.0806. The molecule has 0 radical (unpaired) electrons. The van der Waals surface area contributed by atoms with Gasteiger partial charge in [0.1, 0.15) is 0 Å². The number of likely N-dealkylation sites (tertiary alicyclic amines) is 1. The number of carbonyl (C=O) groups is 1. The predicted octanol–water partition coefficient (Wildman–Crippen LogP) is 2.63. The van der Waals surface area contributed by atoms with Crippen molar-refractivity contribution in [1.29, 1.82) is 0 Å². The van der Waals surface area contributed by atoms with Crippen LogP contribution in [0.15, 0.2) is 54.6 Å². The molecule has 0 spiro atoms. The molecule has 4 heteroatoms. The summed E-state index contributed by atoms with van der Waals surface area (Å²) in [6.07, 6.45) is 1.03. The lowest BCUT2D eigenvalue weighted by Crippen LogP contribution is -2.38. The van der Waals surface area contributed by atoms with E-state index in [1.807, 2.05) is 30.1 Å². The van der Waals surface area contributed by atoms with Crippen molar-refractivity contribution in [2.45, 2.75) is 31.8 Å². The number of benzene rings is 2. The number of likely N-dealkylation sites (N-methyl/N-ethyl adjacent to an activating group) is 1. The van der Waals surface area contributed by atoms with Gasteiger partial charge < -0.3 is 10.6 Å². The molecule has 2 N–H and O–H groups in total. The Morgan fingerprint density at radius 2 is 1.73 bits per heavy atom. The van der Waals surface area contributed by atoms with Crippen LogP contribution in [0.2, 0.25) is 0 Å². The van der Waals surface area contributed by atoms with E-state index in [0.717, 1.165) is 19.5 Å². The number of rotatable bonds is 6. The van der Waals surface area contributed by atoms with Crippen LogP contribution >= 0.6 is 0 Å². The van der Waals surface area contributed by atoms with Crippen molar-refractivity contribution in [2.24, 2.45) is 5.73 Å². The molecule has 0 bridgehead atoms. The first-order chi connectivity index (χ1) is 12.6. The summed E-state index contributed by atoms with van der Waals surface area (Å²) in [5, 5.41) is 0. The summed E-state index contributed by atoms with van der Waals surface area (Å²) < 4.78 is 0. The molecule has 1 fully saturated rings. The molecule has 1 heterocycles. The number of aryl methyl sites for hydroxylation is 1. The Balaban J connectivity index is 1.54. The van der Waals surface area contributed by atoms with E-state index in [-0.39, 0.29) is 11.9 Å². The summed E-state index contributed by atoms with van der Waals surface area (Å²) in [5.74, 6) is 0.446. The van der Waals surface area contributed by atoms with Crippen LogP contribution in [-0.4, -0.2) is 48.4 Å². The van der Waals surface area contributed by atoms with Crippen molar-refractivity contribution < 1.29 is 4.79 Å². The molecule has 2 aromatic rings. The molecule has 3 rings (SSSR count). The third kappa shape index (κ3) is 4.51. The van der Waals surface area contributed by atoms with Gasteiger partial charge >= 0.3 is 0 Å². The van der Waals surface area contributed by atoms with Crippen LogP contribution in [-0.2, 0) is 17.8 Å². The molecule has 4 nitrogen and oxygen atoms in total. The largest absolute Gasteiger partial charge is 0.340 e. The van der Waals surface area contributed by atoms with Crippen LogP contribution in [0, 0.1) is 0 Å². The molecule has 0 saturated carbocycles. The smallest absolute Gasteiger partial charge is 0.236 e. The van der Waals surface area contributed by atoms with E-state index in [0.29, 0.717) is 19.0 Å². The fraction of sp³-hybridized carbons (Fsp3) is 0.409. The standard InChI is InChI=1S/C22H29N3O/c1-3-17-9-11-18(12-10-17)13-24(2)22(26)16-25-14-20(21(23)15-25)19-7-5-4-6-8-19/h4-12,20-21H,3,13-16,23H2,1-2H3/t20-,21+/m0/s1. The van der Waals surface area contributed by atoms with Crippen molar-refractivity contribution in [1.82, 2.24) is 9.80 Å². The van der Waals surface area contributed by atoms with Crippen molar-refractivity contribution >= 4 is 5.91 Å². The Bertz CT molecular complexity index is 714. The minimum Gasteiger partial charge on any atom is -0.340 e. The summed E-state index contributed by atoms with van der Waals surface area (Å²) in [4.78, 5) is 16.6. The Labute approximate surface area is 156 Å². The van der Waals surface area contributed by atoms with Gasteiger partial charge in [0.25, 0.3) is 0 Å². The van der Waals surface area contributed by atoms with Crippen LogP contribution in [0.3, 0.4) is 0 Å². The van der Waals surface area contributed by atoms with E-state index in [4.69, 9.17) is 5.73 Å². The van der Waals surface area contributed by atoms with E-state index in [1.54, 1.807) is 0 Å². The van der Waals surface area contributed by atoms with Gasteiger partial charge in [0, 0.05) is 38.6 Å². The molecule has 138 valence electrons. The van der Waals surface area contributed by atoms with E-state index in [1.165, 1.54) is 16.7 Å². The lowest BCUT2D eigenvalue weighted by Gasteiger charge is -2.22. The van der Waals surface area contributed by atoms with Gasteiger partial charge in [0.05, 0.1) is 6.54 Å². The van der Waals surface area contributed by atoms with Crippen molar-refractivity contribution in [3.05, 3.63) is 71.3 Å². The number of carbonyl (C=O) groups excluding carboxylic acids is 1. The number of hydrogen-bond donors (Lipinski definition) is 1. The second kappa shape index (κ2) is 8.47. The molecule has 2 atom stereocenters. The summed E-state index contributed by atoms with van der Waals surface area (Å²) in [6.45, 7) is 4.83. The first-order valence-electron chi connectivity index (χ1n) is 9.41. The van der Waals surface area contributed by atoms with Crippen LogP contribution in [0.25, 0.3) is 0 Å². The van der Waals surface area contributed by atoms with Crippen LogP contribution < -0.4 is 5.73 Å². The Morgan fingerprint density at radius 3 is 2.38 bits per heavy atom. The second-order valence-electron chi connectivity index (χ2n) is 7.29. The SMILES string of the molecule is CCc1ccc(CN(C)C(=O)CN2C[C@@H](N)[C@H](c3ccccc3)C2)cc1.